The van der Waals surface area contributed by atoms with Gasteiger partial charge in [-0.3, -0.25) is 4.79 Å². The molecular formula is C18H24F2N2O2. The van der Waals surface area contributed by atoms with Crippen molar-refractivity contribution in [3.8, 4) is 0 Å². The Balaban J connectivity index is 1.51. The van der Waals surface area contributed by atoms with E-state index in [9.17, 15) is 18.7 Å². The molecule has 6 heteroatoms. The number of aliphatic hydroxyl groups is 1. The number of likely N-dealkylation sites (tertiary alicyclic amines) is 2. The number of carbonyl (C=O) groups excluding carboxylic acids is 1. The molecule has 0 spiro atoms. The molecule has 4 nitrogen and oxygen atoms in total. The van der Waals surface area contributed by atoms with Gasteiger partial charge in [0.25, 0.3) is 0 Å². The number of aliphatic hydroxyl groups excluding tert-OH is 1. The first-order chi connectivity index (χ1) is 11.5. The van der Waals surface area contributed by atoms with E-state index in [4.69, 9.17) is 0 Å². The Bertz CT molecular complexity index is 588. The van der Waals surface area contributed by atoms with Crippen LogP contribution in [0.25, 0.3) is 0 Å². The Hall–Kier alpha value is -1.53. The van der Waals surface area contributed by atoms with E-state index >= 15 is 0 Å². The normalized spacial score (nSPS) is 22.0. The van der Waals surface area contributed by atoms with Crippen molar-refractivity contribution in [2.75, 3.05) is 26.2 Å². The highest BCUT2D eigenvalue weighted by atomic mass is 19.2. The average molecular weight is 338 g/mol. The summed E-state index contributed by atoms with van der Waals surface area (Å²) in [6, 6.07) is 3.82. The molecule has 1 amide bonds. The zero-order valence-corrected chi connectivity index (χ0v) is 13.8. The van der Waals surface area contributed by atoms with E-state index in [1.165, 1.54) is 6.07 Å². The number of nitrogens with zero attached hydrogens (tertiary/aromatic N) is 2. The predicted molar refractivity (Wildman–Crippen MR) is 86.3 cm³/mol. The summed E-state index contributed by atoms with van der Waals surface area (Å²) in [4.78, 5) is 16.1. The van der Waals surface area contributed by atoms with Gasteiger partial charge in [0.1, 0.15) is 0 Å². The van der Waals surface area contributed by atoms with Gasteiger partial charge in [-0.1, -0.05) is 6.07 Å². The Kier molecular flexibility index (Phi) is 5.46. The van der Waals surface area contributed by atoms with Crippen LogP contribution < -0.4 is 0 Å². The number of hydrogen-bond donors (Lipinski definition) is 1. The Morgan fingerprint density at radius 3 is 2.54 bits per heavy atom. The molecule has 1 aromatic carbocycles. The lowest BCUT2D eigenvalue weighted by Gasteiger charge is -2.40. The molecule has 2 aliphatic heterocycles. The SMILES string of the molecule is O=C1CCCCN1C1CCN(CC(O)c2ccc(F)c(F)c2)CC1. The minimum atomic E-state index is -0.936. The van der Waals surface area contributed by atoms with Gasteiger partial charge in [0, 0.05) is 38.6 Å². The van der Waals surface area contributed by atoms with Gasteiger partial charge in [-0.15, -0.1) is 0 Å². The number of carbonyl (C=O) groups is 1. The van der Waals surface area contributed by atoms with Crippen LogP contribution in [0.3, 0.4) is 0 Å². The zero-order chi connectivity index (χ0) is 17.1. The van der Waals surface area contributed by atoms with E-state index in [0.29, 0.717) is 24.6 Å². The number of rotatable bonds is 4. The molecule has 2 heterocycles. The fraction of sp³-hybridized carbons (Fsp3) is 0.611. The Labute approximate surface area is 141 Å². The van der Waals surface area contributed by atoms with Crippen LogP contribution in [-0.4, -0.2) is 53.0 Å². The highest BCUT2D eigenvalue weighted by Crippen LogP contribution is 2.24. The number of piperidine rings is 2. The molecule has 0 bridgehead atoms. The van der Waals surface area contributed by atoms with Crippen LogP contribution in [-0.2, 0) is 4.79 Å². The van der Waals surface area contributed by atoms with Gasteiger partial charge >= 0.3 is 0 Å². The second-order valence-electron chi connectivity index (χ2n) is 6.77. The highest BCUT2D eigenvalue weighted by Gasteiger charge is 2.29. The van der Waals surface area contributed by atoms with Crippen LogP contribution in [0.4, 0.5) is 8.78 Å². The molecule has 1 unspecified atom stereocenters. The van der Waals surface area contributed by atoms with E-state index in [-0.39, 0.29) is 5.91 Å². The fourth-order valence-electron chi connectivity index (χ4n) is 3.70. The number of amides is 1. The first-order valence-corrected chi connectivity index (χ1v) is 8.69. The summed E-state index contributed by atoms with van der Waals surface area (Å²) in [5.74, 6) is -1.58. The van der Waals surface area contributed by atoms with Crippen molar-refractivity contribution >= 4 is 5.91 Å². The van der Waals surface area contributed by atoms with Crippen LogP contribution in [0.5, 0.6) is 0 Å². The van der Waals surface area contributed by atoms with Crippen LogP contribution >= 0.6 is 0 Å². The second kappa shape index (κ2) is 7.57. The summed E-state index contributed by atoms with van der Waals surface area (Å²) in [7, 11) is 0. The van der Waals surface area contributed by atoms with Crippen molar-refractivity contribution in [3.05, 3.63) is 35.4 Å². The number of hydrogen-bond acceptors (Lipinski definition) is 3. The summed E-state index contributed by atoms with van der Waals surface area (Å²) in [6.07, 6.45) is 3.70. The summed E-state index contributed by atoms with van der Waals surface area (Å²) >= 11 is 0. The predicted octanol–water partition coefficient (Wildman–Crippen LogP) is 2.48. The Morgan fingerprint density at radius 1 is 1.12 bits per heavy atom. The van der Waals surface area contributed by atoms with Crippen molar-refractivity contribution in [3.63, 3.8) is 0 Å². The monoisotopic (exact) mass is 338 g/mol. The third-order valence-electron chi connectivity index (χ3n) is 5.12. The number of benzene rings is 1. The molecule has 0 saturated carbocycles. The van der Waals surface area contributed by atoms with E-state index < -0.39 is 17.7 Å². The van der Waals surface area contributed by atoms with Crippen molar-refractivity contribution in [1.29, 1.82) is 0 Å². The maximum atomic E-state index is 13.3. The topological polar surface area (TPSA) is 43.8 Å². The van der Waals surface area contributed by atoms with Crippen LogP contribution in [0.1, 0.15) is 43.8 Å². The van der Waals surface area contributed by atoms with Gasteiger partial charge in [-0.05, 0) is 43.4 Å². The first-order valence-electron chi connectivity index (χ1n) is 8.69. The lowest BCUT2D eigenvalue weighted by atomic mass is 9.99. The molecule has 2 aliphatic rings. The number of halogens is 2. The van der Waals surface area contributed by atoms with Crippen LogP contribution in [0.15, 0.2) is 18.2 Å². The summed E-state index contributed by atoms with van der Waals surface area (Å²) in [5, 5.41) is 10.2. The molecule has 2 saturated heterocycles. The lowest BCUT2D eigenvalue weighted by molar-refractivity contribution is -0.136. The number of β-amino-alcohol motifs (C(OH)–C–C–N with tert-alkyl or cyclic N) is 1. The van der Waals surface area contributed by atoms with Gasteiger partial charge in [0.15, 0.2) is 11.6 Å². The van der Waals surface area contributed by atoms with E-state index in [2.05, 4.69) is 4.90 Å². The largest absolute Gasteiger partial charge is 0.387 e. The Morgan fingerprint density at radius 2 is 1.88 bits per heavy atom. The van der Waals surface area contributed by atoms with Crippen molar-refractivity contribution < 1.29 is 18.7 Å². The molecular weight excluding hydrogens is 314 g/mol. The maximum Gasteiger partial charge on any atom is 0.222 e. The average Bonchev–Trinajstić information content (AvgIpc) is 2.58. The fourth-order valence-corrected chi connectivity index (χ4v) is 3.70. The third kappa shape index (κ3) is 3.92. The van der Waals surface area contributed by atoms with E-state index in [1.54, 1.807) is 0 Å². The molecule has 3 rings (SSSR count). The van der Waals surface area contributed by atoms with Crippen molar-refractivity contribution in [2.24, 2.45) is 0 Å². The molecule has 1 atom stereocenters. The quantitative estimate of drug-likeness (QED) is 0.917. The summed E-state index contributed by atoms with van der Waals surface area (Å²) in [6.45, 7) is 2.86. The highest BCUT2D eigenvalue weighted by molar-refractivity contribution is 5.77. The van der Waals surface area contributed by atoms with Gasteiger partial charge in [-0.25, -0.2) is 8.78 Å². The van der Waals surface area contributed by atoms with Gasteiger partial charge in [0.2, 0.25) is 5.91 Å². The minimum absolute atomic E-state index is 0.265. The molecule has 1 N–H and O–H groups in total. The smallest absolute Gasteiger partial charge is 0.222 e. The van der Waals surface area contributed by atoms with Crippen LogP contribution in [0.2, 0.25) is 0 Å². The third-order valence-corrected chi connectivity index (χ3v) is 5.12. The standard InChI is InChI=1S/C18H24F2N2O2/c19-15-5-4-13(11-16(15)20)17(23)12-21-9-6-14(7-10-21)22-8-2-1-3-18(22)24/h4-5,11,14,17,23H,1-3,6-10,12H2. The molecule has 1 aromatic rings. The lowest BCUT2D eigenvalue weighted by Crippen LogP contribution is -2.49. The molecule has 2 fully saturated rings. The van der Waals surface area contributed by atoms with E-state index in [1.807, 2.05) is 4.90 Å². The van der Waals surface area contributed by atoms with Gasteiger partial charge in [0.05, 0.1) is 6.10 Å². The van der Waals surface area contributed by atoms with Crippen LogP contribution in [0, 0.1) is 11.6 Å². The van der Waals surface area contributed by atoms with Crippen molar-refractivity contribution in [2.45, 2.75) is 44.2 Å². The molecule has 0 aliphatic carbocycles. The zero-order valence-electron chi connectivity index (χ0n) is 13.8. The molecule has 0 radical (unpaired) electrons. The maximum absolute atomic E-state index is 13.3. The van der Waals surface area contributed by atoms with Crippen molar-refractivity contribution in [1.82, 2.24) is 9.80 Å². The summed E-state index contributed by atoms with van der Waals surface area (Å²) < 4.78 is 26.2. The molecule has 24 heavy (non-hydrogen) atoms. The molecule has 0 aromatic heterocycles. The second-order valence-corrected chi connectivity index (χ2v) is 6.77. The summed E-state index contributed by atoms with van der Waals surface area (Å²) in [5.41, 5.74) is 0.391. The van der Waals surface area contributed by atoms with E-state index in [0.717, 1.165) is 57.5 Å². The minimum Gasteiger partial charge on any atom is -0.387 e. The molecule has 132 valence electrons. The van der Waals surface area contributed by atoms with Gasteiger partial charge < -0.3 is 14.9 Å². The first kappa shape index (κ1) is 17.3. The van der Waals surface area contributed by atoms with Gasteiger partial charge in [-0.2, -0.15) is 0 Å².